The fourth-order valence-corrected chi connectivity index (χ4v) is 5.31. The SMILES string of the molecule is C(CCCOC1CCCCO1)=C1C[C@@H](OCc2ccccc2)[C@H](OCc2ccccc2)[C@@H](COCc2ccccc2)O1. The van der Waals surface area contributed by atoms with Gasteiger partial charge in [0, 0.05) is 13.0 Å². The summed E-state index contributed by atoms with van der Waals surface area (Å²) in [5.41, 5.74) is 3.38. The first-order chi connectivity index (χ1) is 20.8. The fraction of sp³-hybridized carbons (Fsp3) is 0.444. The Morgan fingerprint density at radius 1 is 0.714 bits per heavy atom. The van der Waals surface area contributed by atoms with Crippen LogP contribution in [-0.2, 0) is 48.2 Å². The third-order valence-corrected chi connectivity index (χ3v) is 7.59. The number of hydrogen-bond acceptors (Lipinski definition) is 6. The maximum absolute atomic E-state index is 6.57. The normalized spacial score (nSPS) is 23.5. The van der Waals surface area contributed by atoms with Crippen LogP contribution in [0.4, 0.5) is 0 Å². The van der Waals surface area contributed by atoms with Gasteiger partial charge >= 0.3 is 0 Å². The molecule has 6 heteroatoms. The third-order valence-electron chi connectivity index (χ3n) is 7.59. The first kappa shape index (κ1) is 30.5. The van der Waals surface area contributed by atoms with Gasteiger partial charge in [0.25, 0.3) is 0 Å². The summed E-state index contributed by atoms with van der Waals surface area (Å²) in [6, 6.07) is 30.7. The Morgan fingerprint density at radius 3 is 2.00 bits per heavy atom. The second-order valence-corrected chi connectivity index (χ2v) is 10.9. The molecule has 0 spiro atoms. The van der Waals surface area contributed by atoms with Crippen LogP contribution in [0, 0.1) is 0 Å². The molecule has 0 aliphatic carbocycles. The molecule has 0 saturated carbocycles. The van der Waals surface area contributed by atoms with Gasteiger partial charge in [0.1, 0.15) is 6.10 Å². The van der Waals surface area contributed by atoms with Crippen LogP contribution >= 0.6 is 0 Å². The highest BCUT2D eigenvalue weighted by Crippen LogP contribution is 2.30. The van der Waals surface area contributed by atoms with Crippen molar-refractivity contribution in [2.24, 2.45) is 0 Å². The van der Waals surface area contributed by atoms with Crippen molar-refractivity contribution in [3.05, 3.63) is 120 Å². The molecule has 42 heavy (non-hydrogen) atoms. The minimum atomic E-state index is -0.301. The van der Waals surface area contributed by atoms with Crippen molar-refractivity contribution in [3.8, 4) is 0 Å². The van der Waals surface area contributed by atoms with Gasteiger partial charge < -0.3 is 28.4 Å². The van der Waals surface area contributed by atoms with E-state index in [-0.39, 0.29) is 24.6 Å². The predicted octanol–water partition coefficient (Wildman–Crippen LogP) is 7.37. The molecule has 2 fully saturated rings. The van der Waals surface area contributed by atoms with E-state index >= 15 is 0 Å². The summed E-state index contributed by atoms with van der Waals surface area (Å²) in [5, 5.41) is 0. The molecule has 2 heterocycles. The molecule has 1 unspecified atom stereocenters. The molecule has 224 valence electrons. The summed E-state index contributed by atoms with van der Waals surface area (Å²) in [7, 11) is 0. The Kier molecular flexibility index (Phi) is 12.5. The molecule has 0 radical (unpaired) electrons. The lowest BCUT2D eigenvalue weighted by Crippen LogP contribution is -2.48. The molecule has 2 aliphatic heterocycles. The van der Waals surface area contributed by atoms with Crippen LogP contribution in [0.25, 0.3) is 0 Å². The molecular formula is C36H44O6. The standard InChI is InChI=1S/C36H44O6/c1-4-14-29(15-5-1)25-37-28-34-36(41-27-31-18-8-3-9-19-31)33(40-26-30-16-6-2-7-17-30)24-32(42-34)20-10-12-22-38-35-21-11-13-23-39-35/h1-9,14-20,33-36H,10-13,21-28H2/t33-,34-,35?,36+/m1/s1. The summed E-state index contributed by atoms with van der Waals surface area (Å²) in [6.07, 6.45) is 7.07. The number of benzene rings is 3. The van der Waals surface area contributed by atoms with E-state index in [1.165, 1.54) is 6.42 Å². The molecule has 2 saturated heterocycles. The van der Waals surface area contributed by atoms with Crippen LogP contribution in [0.2, 0.25) is 0 Å². The Morgan fingerprint density at radius 2 is 1.36 bits per heavy atom. The van der Waals surface area contributed by atoms with Crippen LogP contribution in [0.1, 0.15) is 55.2 Å². The van der Waals surface area contributed by atoms with Gasteiger partial charge in [-0.05, 0) is 54.9 Å². The van der Waals surface area contributed by atoms with E-state index in [1.807, 2.05) is 54.6 Å². The van der Waals surface area contributed by atoms with Crippen molar-refractivity contribution < 1.29 is 28.4 Å². The summed E-state index contributed by atoms with van der Waals surface area (Å²) in [4.78, 5) is 0. The van der Waals surface area contributed by atoms with E-state index in [9.17, 15) is 0 Å². The highest BCUT2D eigenvalue weighted by Gasteiger charge is 2.39. The zero-order valence-electron chi connectivity index (χ0n) is 24.5. The van der Waals surface area contributed by atoms with Crippen molar-refractivity contribution in [1.29, 1.82) is 0 Å². The van der Waals surface area contributed by atoms with E-state index < -0.39 is 0 Å². The van der Waals surface area contributed by atoms with Crippen LogP contribution in [-0.4, -0.2) is 44.4 Å². The lowest BCUT2D eigenvalue weighted by Gasteiger charge is -2.39. The molecule has 2 aliphatic rings. The Bertz CT molecular complexity index is 1160. The van der Waals surface area contributed by atoms with Gasteiger partial charge in [-0.3, -0.25) is 0 Å². The highest BCUT2D eigenvalue weighted by atomic mass is 16.7. The van der Waals surface area contributed by atoms with E-state index in [1.54, 1.807) is 0 Å². The summed E-state index contributed by atoms with van der Waals surface area (Å²) >= 11 is 0. The van der Waals surface area contributed by atoms with Gasteiger partial charge in [-0.1, -0.05) is 91.0 Å². The lowest BCUT2D eigenvalue weighted by molar-refractivity contribution is -0.178. The predicted molar refractivity (Wildman–Crippen MR) is 162 cm³/mol. The fourth-order valence-electron chi connectivity index (χ4n) is 5.31. The zero-order chi connectivity index (χ0) is 28.7. The van der Waals surface area contributed by atoms with E-state index in [2.05, 4.69) is 42.5 Å². The number of rotatable bonds is 15. The monoisotopic (exact) mass is 572 g/mol. The summed E-state index contributed by atoms with van der Waals surface area (Å²) in [6.45, 7) is 3.38. The Labute approximate surface area is 250 Å². The molecule has 5 rings (SSSR count). The molecule has 3 aromatic rings. The molecule has 3 aromatic carbocycles. The second kappa shape index (κ2) is 17.2. The summed E-state index contributed by atoms with van der Waals surface area (Å²) in [5.74, 6) is 0.926. The Balaban J connectivity index is 1.25. The quantitative estimate of drug-likeness (QED) is 0.177. The van der Waals surface area contributed by atoms with Gasteiger partial charge in [0.05, 0.1) is 44.9 Å². The van der Waals surface area contributed by atoms with Gasteiger partial charge in [-0.2, -0.15) is 0 Å². The van der Waals surface area contributed by atoms with Crippen molar-refractivity contribution >= 4 is 0 Å². The molecule has 4 atom stereocenters. The molecule has 0 bridgehead atoms. The van der Waals surface area contributed by atoms with E-state index in [0.29, 0.717) is 39.5 Å². The lowest BCUT2D eigenvalue weighted by atomic mass is 9.99. The maximum Gasteiger partial charge on any atom is 0.157 e. The first-order valence-electron chi connectivity index (χ1n) is 15.3. The van der Waals surface area contributed by atoms with Crippen molar-refractivity contribution in [2.45, 2.75) is 82.9 Å². The largest absolute Gasteiger partial charge is 0.490 e. The molecular weight excluding hydrogens is 528 g/mol. The van der Waals surface area contributed by atoms with Crippen LogP contribution < -0.4 is 0 Å². The van der Waals surface area contributed by atoms with E-state index in [4.69, 9.17) is 28.4 Å². The van der Waals surface area contributed by atoms with Crippen molar-refractivity contribution in [3.63, 3.8) is 0 Å². The first-order valence-corrected chi connectivity index (χ1v) is 15.3. The maximum atomic E-state index is 6.57. The highest BCUT2D eigenvalue weighted by molar-refractivity contribution is 5.16. The topological polar surface area (TPSA) is 55.4 Å². The minimum absolute atomic E-state index is 0.0539. The number of ether oxygens (including phenoxy) is 6. The van der Waals surface area contributed by atoms with Crippen LogP contribution in [0.5, 0.6) is 0 Å². The smallest absolute Gasteiger partial charge is 0.157 e. The number of unbranched alkanes of at least 4 members (excludes halogenated alkanes) is 1. The third kappa shape index (κ3) is 10.1. The molecule has 0 N–H and O–H groups in total. The zero-order valence-corrected chi connectivity index (χ0v) is 24.5. The summed E-state index contributed by atoms with van der Waals surface area (Å²) < 4.78 is 37.5. The van der Waals surface area contributed by atoms with Crippen molar-refractivity contribution in [1.82, 2.24) is 0 Å². The molecule has 0 aromatic heterocycles. The van der Waals surface area contributed by atoms with E-state index in [0.717, 1.165) is 54.7 Å². The van der Waals surface area contributed by atoms with Gasteiger partial charge in [0.2, 0.25) is 0 Å². The average Bonchev–Trinajstić information content (AvgIpc) is 3.05. The van der Waals surface area contributed by atoms with Gasteiger partial charge in [-0.15, -0.1) is 0 Å². The van der Waals surface area contributed by atoms with Gasteiger partial charge in [-0.25, -0.2) is 0 Å². The van der Waals surface area contributed by atoms with Crippen LogP contribution in [0.15, 0.2) is 103 Å². The van der Waals surface area contributed by atoms with Crippen LogP contribution in [0.3, 0.4) is 0 Å². The molecule has 6 nitrogen and oxygen atoms in total. The number of allylic oxidation sites excluding steroid dienone is 1. The number of hydrogen-bond donors (Lipinski definition) is 0. The average molecular weight is 573 g/mol. The minimum Gasteiger partial charge on any atom is -0.490 e. The molecule has 0 amide bonds. The second-order valence-electron chi connectivity index (χ2n) is 10.9. The van der Waals surface area contributed by atoms with Crippen molar-refractivity contribution in [2.75, 3.05) is 19.8 Å². The van der Waals surface area contributed by atoms with Gasteiger partial charge in [0.15, 0.2) is 12.4 Å². The Hall–Kier alpha value is -3.00.